The molecule has 5 nitrogen and oxygen atoms in total. The van der Waals surface area contributed by atoms with E-state index in [1.165, 1.54) is 43.5 Å². The highest BCUT2D eigenvalue weighted by Gasteiger charge is 2.05. The van der Waals surface area contributed by atoms with Crippen LogP contribution in [0.1, 0.15) is 47.7 Å². The van der Waals surface area contributed by atoms with E-state index in [2.05, 4.69) is 46.5 Å². The maximum absolute atomic E-state index is 4.45. The van der Waals surface area contributed by atoms with E-state index in [4.69, 9.17) is 0 Å². The molecule has 0 radical (unpaired) electrons. The average Bonchev–Trinajstić information content (AvgIpc) is 2.82. The molecule has 0 aromatic carbocycles. The predicted octanol–water partition coefficient (Wildman–Crippen LogP) is 2.94. The Bertz CT molecular complexity index is 468. The molecule has 0 aliphatic carbocycles. The van der Waals surface area contributed by atoms with Gasteiger partial charge >= 0.3 is 0 Å². The quantitative estimate of drug-likeness (QED) is 0.391. The third kappa shape index (κ3) is 8.91. The molecule has 0 saturated heterocycles. The minimum Gasteiger partial charge on any atom is -0.356 e. The van der Waals surface area contributed by atoms with Crippen LogP contribution in [0.4, 0.5) is 0 Å². The number of aromatic nitrogens is 1. The van der Waals surface area contributed by atoms with Crippen LogP contribution in [0.2, 0.25) is 0 Å². The summed E-state index contributed by atoms with van der Waals surface area (Å²) >= 11 is 1.75. The monoisotopic (exact) mass is 339 g/mol. The van der Waals surface area contributed by atoms with Crippen molar-refractivity contribution in [2.45, 2.75) is 52.5 Å². The number of hydrogen-bond donors (Lipinski definition) is 2. The van der Waals surface area contributed by atoms with Gasteiger partial charge in [0, 0.05) is 18.5 Å². The highest BCUT2D eigenvalue weighted by atomic mass is 32.1. The number of unbranched alkanes of at least 4 members (excludes halogenated alkanes) is 4. The lowest BCUT2D eigenvalue weighted by molar-refractivity contribution is 0.389. The summed E-state index contributed by atoms with van der Waals surface area (Å²) in [6, 6.07) is 0. The summed E-state index contributed by atoms with van der Waals surface area (Å²) in [6.07, 6.45) is 6.43. The molecule has 1 rings (SSSR count). The Labute approximate surface area is 145 Å². The molecule has 1 aromatic rings. The summed E-state index contributed by atoms with van der Waals surface area (Å²) in [7, 11) is 6.09. The van der Waals surface area contributed by atoms with E-state index in [0.29, 0.717) is 0 Å². The Kier molecular flexibility index (Phi) is 9.87. The predicted molar refractivity (Wildman–Crippen MR) is 101 cm³/mol. The van der Waals surface area contributed by atoms with E-state index in [0.717, 1.165) is 29.8 Å². The normalized spacial score (nSPS) is 12.0. The van der Waals surface area contributed by atoms with E-state index < -0.39 is 0 Å². The molecule has 0 amide bonds. The first-order valence-electron chi connectivity index (χ1n) is 8.55. The molecular weight excluding hydrogens is 306 g/mol. The first-order chi connectivity index (χ1) is 11.0. The molecule has 0 aliphatic heterocycles. The van der Waals surface area contributed by atoms with Crippen LogP contribution in [-0.4, -0.2) is 50.1 Å². The molecule has 0 bridgehead atoms. The molecule has 1 aromatic heterocycles. The Morgan fingerprint density at radius 2 is 1.78 bits per heavy atom. The lowest BCUT2D eigenvalue weighted by atomic mass is 10.1. The lowest BCUT2D eigenvalue weighted by Crippen LogP contribution is -2.37. The second-order valence-electron chi connectivity index (χ2n) is 6.17. The number of thiazole rings is 1. The Hall–Kier alpha value is -1.14. The Morgan fingerprint density at radius 3 is 2.39 bits per heavy atom. The Morgan fingerprint density at radius 1 is 1.09 bits per heavy atom. The molecule has 0 fully saturated rings. The highest BCUT2D eigenvalue weighted by Crippen LogP contribution is 2.16. The number of aryl methyl sites for hydroxylation is 2. The van der Waals surface area contributed by atoms with Crippen LogP contribution in [0.15, 0.2) is 4.99 Å². The summed E-state index contributed by atoms with van der Waals surface area (Å²) in [6.45, 7) is 7.08. The smallest absolute Gasteiger partial charge is 0.191 e. The SMILES string of the molecule is CN=C(NCCCCCCCN(C)C)NCc1sc(C)nc1C. The molecule has 0 aliphatic rings. The van der Waals surface area contributed by atoms with Gasteiger partial charge < -0.3 is 15.5 Å². The van der Waals surface area contributed by atoms with Crippen LogP contribution < -0.4 is 10.6 Å². The number of rotatable bonds is 10. The number of hydrogen-bond acceptors (Lipinski definition) is 4. The van der Waals surface area contributed by atoms with Crippen molar-refractivity contribution in [3.63, 3.8) is 0 Å². The lowest BCUT2D eigenvalue weighted by Gasteiger charge is -2.11. The summed E-state index contributed by atoms with van der Waals surface area (Å²) < 4.78 is 0. The summed E-state index contributed by atoms with van der Waals surface area (Å²) in [4.78, 5) is 12.3. The number of nitrogens with one attached hydrogen (secondary N) is 2. The van der Waals surface area contributed by atoms with E-state index >= 15 is 0 Å². The zero-order chi connectivity index (χ0) is 17.1. The van der Waals surface area contributed by atoms with Gasteiger partial charge in [-0.05, 0) is 47.3 Å². The molecule has 0 saturated carbocycles. The number of nitrogens with zero attached hydrogens (tertiary/aromatic N) is 3. The topological polar surface area (TPSA) is 52.6 Å². The molecular formula is C17H33N5S. The van der Waals surface area contributed by atoms with Gasteiger partial charge in [-0.2, -0.15) is 0 Å². The zero-order valence-corrected chi connectivity index (χ0v) is 16.2. The van der Waals surface area contributed by atoms with Gasteiger partial charge in [-0.25, -0.2) is 4.98 Å². The van der Waals surface area contributed by atoms with Crippen molar-refractivity contribution in [2.75, 3.05) is 34.2 Å². The highest BCUT2D eigenvalue weighted by molar-refractivity contribution is 7.11. The van der Waals surface area contributed by atoms with Gasteiger partial charge in [0.2, 0.25) is 0 Å². The van der Waals surface area contributed by atoms with Crippen molar-refractivity contribution in [3.05, 3.63) is 15.6 Å². The van der Waals surface area contributed by atoms with E-state index in [1.54, 1.807) is 11.3 Å². The van der Waals surface area contributed by atoms with Crippen molar-refractivity contribution in [2.24, 2.45) is 4.99 Å². The van der Waals surface area contributed by atoms with Crippen molar-refractivity contribution < 1.29 is 0 Å². The number of guanidine groups is 1. The van der Waals surface area contributed by atoms with E-state index in [1.807, 2.05) is 14.0 Å². The zero-order valence-electron chi connectivity index (χ0n) is 15.4. The standard InChI is InChI=1S/C17H33N5S/c1-14-16(23-15(2)21-14)13-20-17(18-3)19-11-9-7-6-8-10-12-22(4)5/h6-13H2,1-5H3,(H2,18,19,20). The molecule has 0 spiro atoms. The van der Waals surface area contributed by atoms with Crippen molar-refractivity contribution in [3.8, 4) is 0 Å². The van der Waals surface area contributed by atoms with Gasteiger partial charge in [-0.1, -0.05) is 19.3 Å². The first-order valence-corrected chi connectivity index (χ1v) is 9.36. The fourth-order valence-corrected chi connectivity index (χ4v) is 3.29. The fraction of sp³-hybridized carbons (Fsp3) is 0.765. The molecule has 23 heavy (non-hydrogen) atoms. The van der Waals surface area contributed by atoms with Gasteiger partial charge in [-0.15, -0.1) is 11.3 Å². The maximum Gasteiger partial charge on any atom is 0.191 e. The molecule has 1 heterocycles. The van der Waals surface area contributed by atoms with Gasteiger partial charge in [-0.3, -0.25) is 4.99 Å². The van der Waals surface area contributed by atoms with Crippen LogP contribution in [0, 0.1) is 13.8 Å². The van der Waals surface area contributed by atoms with Crippen LogP contribution in [0.25, 0.3) is 0 Å². The summed E-state index contributed by atoms with van der Waals surface area (Å²) in [5, 5.41) is 7.88. The summed E-state index contributed by atoms with van der Waals surface area (Å²) in [5.41, 5.74) is 1.12. The van der Waals surface area contributed by atoms with Gasteiger partial charge in [0.1, 0.15) is 0 Å². The van der Waals surface area contributed by atoms with E-state index in [-0.39, 0.29) is 0 Å². The van der Waals surface area contributed by atoms with Crippen LogP contribution in [0.3, 0.4) is 0 Å². The maximum atomic E-state index is 4.45. The molecule has 2 N–H and O–H groups in total. The van der Waals surface area contributed by atoms with Gasteiger partial charge in [0.15, 0.2) is 5.96 Å². The molecule has 132 valence electrons. The average molecular weight is 340 g/mol. The fourth-order valence-electron chi connectivity index (χ4n) is 2.41. The molecule has 0 unspecified atom stereocenters. The number of aliphatic imine (C=N–C) groups is 1. The third-order valence-electron chi connectivity index (χ3n) is 3.71. The third-order valence-corrected chi connectivity index (χ3v) is 4.79. The van der Waals surface area contributed by atoms with Gasteiger partial charge in [0.25, 0.3) is 0 Å². The van der Waals surface area contributed by atoms with Crippen LogP contribution >= 0.6 is 11.3 Å². The second-order valence-corrected chi connectivity index (χ2v) is 7.45. The summed E-state index contributed by atoms with van der Waals surface area (Å²) in [5.74, 6) is 0.878. The van der Waals surface area contributed by atoms with Crippen molar-refractivity contribution in [1.82, 2.24) is 20.5 Å². The largest absolute Gasteiger partial charge is 0.356 e. The van der Waals surface area contributed by atoms with Crippen molar-refractivity contribution >= 4 is 17.3 Å². The minimum absolute atomic E-state index is 0.793. The molecule has 6 heteroatoms. The van der Waals surface area contributed by atoms with Crippen molar-refractivity contribution in [1.29, 1.82) is 0 Å². The first kappa shape index (κ1) is 19.9. The minimum atomic E-state index is 0.793. The van der Waals surface area contributed by atoms with Crippen LogP contribution in [0.5, 0.6) is 0 Å². The second kappa shape index (κ2) is 11.4. The Balaban J connectivity index is 2.09. The molecule has 0 atom stereocenters. The van der Waals surface area contributed by atoms with E-state index in [9.17, 15) is 0 Å². The van der Waals surface area contributed by atoms with Gasteiger partial charge in [0.05, 0.1) is 17.2 Å². The van der Waals surface area contributed by atoms with Crippen LogP contribution in [-0.2, 0) is 6.54 Å².